The Morgan fingerprint density at radius 2 is 1.82 bits per heavy atom. The first-order chi connectivity index (χ1) is 34.4. The molecule has 390 valence electrons. The maximum Gasteiger partial charge on any atom is 0.324 e. The Bertz CT molecular complexity index is 2560. The number of cyclic esters (lactones) is 1. The molecule has 2 N–H and O–H groups in total. The van der Waals surface area contributed by atoms with Crippen molar-refractivity contribution < 1.29 is 33.4 Å². The highest BCUT2D eigenvalue weighted by Crippen LogP contribution is 2.42. The van der Waals surface area contributed by atoms with Crippen LogP contribution in [0, 0.1) is 11.3 Å². The van der Waals surface area contributed by atoms with E-state index in [0.717, 1.165) is 64.1 Å². The van der Waals surface area contributed by atoms with Crippen molar-refractivity contribution in [1.29, 1.82) is 0 Å². The van der Waals surface area contributed by atoms with E-state index in [4.69, 9.17) is 14.5 Å². The number of nitrogens with zero attached hydrogens (tertiary/aromatic N) is 8. The van der Waals surface area contributed by atoms with Crippen molar-refractivity contribution >= 4 is 46.2 Å². The van der Waals surface area contributed by atoms with Crippen molar-refractivity contribution in [2.24, 2.45) is 11.3 Å². The van der Waals surface area contributed by atoms with E-state index in [1.165, 1.54) is 16.0 Å². The lowest BCUT2D eigenvalue weighted by Gasteiger charge is -2.53. The molecule has 8 rings (SSSR count). The van der Waals surface area contributed by atoms with Gasteiger partial charge in [-0.15, -0.1) is 0 Å². The number of fused-ring (bicyclic) bond motifs is 6. The van der Waals surface area contributed by atoms with Gasteiger partial charge < -0.3 is 34.1 Å². The van der Waals surface area contributed by atoms with Gasteiger partial charge in [-0.1, -0.05) is 46.4 Å². The zero-order valence-electron chi connectivity index (χ0n) is 44.2. The largest absolute Gasteiger partial charge is 0.464 e. The molecular weight excluding hydrogens is 913 g/mol. The molecule has 5 aliphatic heterocycles. The van der Waals surface area contributed by atoms with E-state index in [-0.39, 0.29) is 48.6 Å². The van der Waals surface area contributed by atoms with Gasteiger partial charge in [0.15, 0.2) is 0 Å². The number of rotatable bonds is 9. The van der Waals surface area contributed by atoms with Crippen molar-refractivity contribution in [1.82, 2.24) is 49.8 Å². The molecule has 3 fully saturated rings. The van der Waals surface area contributed by atoms with Crippen molar-refractivity contribution in [3.05, 3.63) is 72.1 Å². The first-order valence-electron chi connectivity index (χ1n) is 26.1. The van der Waals surface area contributed by atoms with Crippen LogP contribution in [0.15, 0.2) is 55.3 Å². The van der Waals surface area contributed by atoms with Gasteiger partial charge in [-0.25, -0.2) is 10.2 Å². The average Bonchev–Trinajstić information content (AvgIpc) is 3.68. The number of amides is 5. The standard InChI is InChI=1S/C55H78N10O7/c1-11-46(66)63-29-28-59(8)55(34-63)21-26-62(27-22-55)53(70)60(9)48(36(3)4)50(67)57-44-33-61-24-14-16-39(32-61)38-19-20-45-41(30-38)42(49(64(45)12-2)40-17-13-23-56-47(40)37(5)71-10)31-54(6,7)35-72-52(69)43-18-15-25-65(58-43)51(44)68/h11,13,16-17,19-20,23,30,36-37,43-44,48,58H,1,12,14-15,18,21-22,24-29,31-35H2,2-10H3,(H,57,67)/t37-,43-,44-,48-/m0/s1. The van der Waals surface area contributed by atoms with Gasteiger partial charge in [0, 0.05) is 113 Å². The minimum absolute atomic E-state index is 0.0828. The summed E-state index contributed by atoms with van der Waals surface area (Å²) >= 11 is 0. The van der Waals surface area contributed by atoms with E-state index in [1.807, 2.05) is 37.9 Å². The maximum absolute atomic E-state index is 14.9. The second-order valence-electron chi connectivity index (χ2n) is 21.9. The summed E-state index contributed by atoms with van der Waals surface area (Å²) < 4.78 is 14.4. The number of pyridine rings is 1. The molecule has 1 spiro atoms. The number of benzene rings is 1. The number of likely N-dealkylation sites (tertiary alicyclic amines) is 1. The van der Waals surface area contributed by atoms with Crippen LogP contribution in [0.3, 0.4) is 0 Å². The Labute approximate surface area is 425 Å². The molecule has 6 bridgehead atoms. The smallest absolute Gasteiger partial charge is 0.324 e. The van der Waals surface area contributed by atoms with Crippen LogP contribution in [0.4, 0.5) is 4.79 Å². The summed E-state index contributed by atoms with van der Waals surface area (Å²) in [6.45, 7) is 21.5. The van der Waals surface area contributed by atoms with Crippen LogP contribution in [-0.2, 0) is 41.6 Å². The second-order valence-corrected chi connectivity index (χ2v) is 21.9. The molecule has 5 aliphatic rings. The van der Waals surface area contributed by atoms with Crippen LogP contribution in [0.2, 0.25) is 0 Å². The Morgan fingerprint density at radius 1 is 1.06 bits per heavy atom. The van der Waals surface area contributed by atoms with E-state index in [0.29, 0.717) is 77.9 Å². The number of carbonyl (C=O) groups excluding carboxylic acids is 5. The van der Waals surface area contributed by atoms with Crippen molar-refractivity contribution in [2.75, 3.05) is 86.7 Å². The number of aromatic nitrogens is 2. The van der Waals surface area contributed by atoms with Crippen molar-refractivity contribution in [3.8, 4) is 11.3 Å². The predicted octanol–water partition coefficient (Wildman–Crippen LogP) is 5.50. The van der Waals surface area contributed by atoms with Crippen LogP contribution in [0.25, 0.3) is 27.7 Å². The molecule has 0 aliphatic carbocycles. The minimum Gasteiger partial charge on any atom is -0.464 e. The van der Waals surface area contributed by atoms with E-state index in [1.54, 1.807) is 19.1 Å². The topological polar surface area (TPSA) is 165 Å². The van der Waals surface area contributed by atoms with Gasteiger partial charge in [0.1, 0.15) is 18.1 Å². The Balaban J connectivity index is 1.09. The van der Waals surface area contributed by atoms with Crippen LogP contribution in [-0.4, -0.2) is 179 Å². The number of methoxy groups -OCH3 is 1. The molecule has 0 saturated carbocycles. The minimum atomic E-state index is -1.00. The van der Waals surface area contributed by atoms with Gasteiger partial charge in [-0.2, -0.15) is 0 Å². The number of piperazine rings is 1. The van der Waals surface area contributed by atoms with Crippen LogP contribution in [0.5, 0.6) is 0 Å². The fraction of sp³-hybridized carbons (Fsp3) is 0.600. The fourth-order valence-corrected chi connectivity index (χ4v) is 11.9. The molecule has 5 atom stereocenters. The number of piperidine rings is 1. The van der Waals surface area contributed by atoms with E-state index >= 15 is 0 Å². The second kappa shape index (κ2) is 21.8. The zero-order valence-corrected chi connectivity index (χ0v) is 44.2. The van der Waals surface area contributed by atoms with Crippen LogP contribution in [0.1, 0.15) is 96.6 Å². The van der Waals surface area contributed by atoms with Gasteiger partial charge in [0.05, 0.1) is 24.1 Å². The van der Waals surface area contributed by atoms with E-state index in [9.17, 15) is 24.0 Å². The number of hydrazine groups is 1. The molecule has 5 amide bonds. The number of esters is 1. The molecule has 1 unspecified atom stereocenters. The number of ether oxygens (including phenoxy) is 2. The lowest BCUT2D eigenvalue weighted by atomic mass is 9.83. The third-order valence-electron chi connectivity index (χ3n) is 16.0. The van der Waals surface area contributed by atoms with E-state index in [2.05, 4.69) is 89.8 Å². The van der Waals surface area contributed by atoms with Crippen molar-refractivity contribution in [3.63, 3.8) is 0 Å². The van der Waals surface area contributed by atoms with Crippen molar-refractivity contribution in [2.45, 2.75) is 116 Å². The third kappa shape index (κ3) is 10.7. The highest BCUT2D eigenvalue weighted by atomic mass is 16.5. The highest BCUT2D eigenvalue weighted by Gasteiger charge is 2.45. The lowest BCUT2D eigenvalue weighted by molar-refractivity contribution is -0.155. The molecular formula is C55H78N10O7. The molecule has 0 radical (unpaired) electrons. The summed E-state index contributed by atoms with van der Waals surface area (Å²) in [7, 11) is 5.45. The summed E-state index contributed by atoms with van der Waals surface area (Å²) in [6, 6.07) is 7.86. The Kier molecular flexibility index (Phi) is 16.0. The quantitative estimate of drug-likeness (QED) is 0.206. The number of aryl methyl sites for hydroxylation is 1. The van der Waals surface area contributed by atoms with E-state index < -0.39 is 35.4 Å². The normalized spacial score (nSPS) is 23.8. The molecule has 2 aromatic heterocycles. The Hall–Kier alpha value is -5.62. The highest BCUT2D eigenvalue weighted by molar-refractivity contribution is 5.95. The molecule has 72 heavy (non-hydrogen) atoms. The molecule has 1 aromatic carbocycles. The number of urea groups is 1. The number of likely N-dealkylation sites (N-methyl/N-ethyl adjacent to an activating group) is 2. The third-order valence-corrected chi connectivity index (χ3v) is 16.0. The fourth-order valence-electron chi connectivity index (χ4n) is 11.9. The molecule has 7 heterocycles. The predicted molar refractivity (Wildman–Crippen MR) is 278 cm³/mol. The summed E-state index contributed by atoms with van der Waals surface area (Å²) in [6.07, 6.45) is 8.98. The van der Waals surface area contributed by atoms with Gasteiger partial charge in [-0.05, 0) is 112 Å². The number of hydrogen-bond acceptors (Lipinski definition) is 11. The first-order valence-corrected chi connectivity index (χ1v) is 26.1. The number of hydrogen-bond donors (Lipinski definition) is 2. The average molecular weight is 991 g/mol. The summed E-state index contributed by atoms with van der Waals surface area (Å²) in [4.78, 5) is 85.2. The van der Waals surface area contributed by atoms with Crippen LogP contribution >= 0.6 is 0 Å². The summed E-state index contributed by atoms with van der Waals surface area (Å²) in [5.41, 5.74) is 9.84. The van der Waals surface area contributed by atoms with Gasteiger partial charge in [-0.3, -0.25) is 39.0 Å². The molecule has 3 aromatic rings. The first kappa shape index (κ1) is 52.7. The zero-order chi connectivity index (χ0) is 51.6. The van der Waals surface area contributed by atoms with Gasteiger partial charge in [0.25, 0.3) is 5.91 Å². The van der Waals surface area contributed by atoms with Crippen LogP contribution < -0.4 is 10.7 Å². The monoisotopic (exact) mass is 991 g/mol. The lowest BCUT2D eigenvalue weighted by Crippen LogP contribution is -2.66. The number of nitrogens with one attached hydrogen (secondary N) is 2. The van der Waals surface area contributed by atoms with Gasteiger partial charge in [0.2, 0.25) is 11.8 Å². The maximum atomic E-state index is 14.9. The molecule has 3 saturated heterocycles. The Morgan fingerprint density at radius 3 is 2.53 bits per heavy atom. The van der Waals surface area contributed by atoms with Gasteiger partial charge >= 0.3 is 12.0 Å². The summed E-state index contributed by atoms with van der Waals surface area (Å²) in [5, 5.41) is 5.75. The molecule has 17 nitrogen and oxygen atoms in total. The SMILES string of the molecule is C=CC(=O)N1CCN(C)C2(CCN(C(=O)N(C)[C@H](C(=O)N[C@H]3CN4CCC=C(C4)c4ccc5c(c4)c(c(-c4cccnc4[C@H](C)OC)n5CC)CC(C)(C)COC(=O)[C@@H]4CCCN(N4)C3=O)C(C)C)CC2)C1. The number of carbonyl (C=O) groups is 5. The summed E-state index contributed by atoms with van der Waals surface area (Å²) in [5.74, 6) is -1.58. The molecule has 17 heteroatoms.